The van der Waals surface area contributed by atoms with Crippen LogP contribution in [-0.4, -0.2) is 36.4 Å². The fraction of sp³-hybridized carbons (Fsp3) is 0.481. The van der Waals surface area contributed by atoms with E-state index < -0.39 is 15.6 Å². The van der Waals surface area contributed by atoms with Crippen LogP contribution >= 0.6 is 0 Å². The van der Waals surface area contributed by atoms with Crippen molar-refractivity contribution < 1.29 is 8.42 Å². The van der Waals surface area contributed by atoms with E-state index in [4.69, 9.17) is 10.7 Å². The lowest BCUT2D eigenvalue weighted by atomic mass is 9.93. The molecule has 3 atom stereocenters. The Morgan fingerprint density at radius 1 is 1.17 bits per heavy atom. The predicted molar refractivity (Wildman–Crippen MR) is 142 cm³/mol. The molecule has 0 amide bonds. The molecule has 4 rings (SSSR count). The number of aryl methyl sites for hydroxylation is 1. The van der Waals surface area contributed by atoms with Crippen LogP contribution in [0.5, 0.6) is 0 Å². The average molecular weight is 496 g/mol. The number of hydrogen-bond donors (Lipinski definition) is 2. The lowest BCUT2D eigenvalue weighted by Crippen LogP contribution is -2.36. The third kappa shape index (κ3) is 6.30. The van der Waals surface area contributed by atoms with Gasteiger partial charge in [-0.15, -0.1) is 0 Å². The molecule has 1 aliphatic rings. The molecule has 2 unspecified atom stereocenters. The van der Waals surface area contributed by atoms with Crippen LogP contribution in [0.1, 0.15) is 57.0 Å². The molecular formula is C27H37N5O2S. The molecule has 3 aromatic rings. The minimum absolute atomic E-state index is 0.429. The summed E-state index contributed by atoms with van der Waals surface area (Å²) in [6.07, 6.45) is 5.88. The van der Waals surface area contributed by atoms with Gasteiger partial charge in [-0.1, -0.05) is 44.2 Å². The number of sulfonamides is 1. The van der Waals surface area contributed by atoms with Gasteiger partial charge in [-0.05, 0) is 80.2 Å². The quantitative estimate of drug-likeness (QED) is 0.403. The number of aromatic amines is 1. The number of nitrogens with one attached hydrogen (secondary N) is 1. The van der Waals surface area contributed by atoms with E-state index in [-0.39, 0.29) is 0 Å². The summed E-state index contributed by atoms with van der Waals surface area (Å²) in [4.78, 5) is 4.76. The summed E-state index contributed by atoms with van der Waals surface area (Å²) >= 11 is 0. The molecule has 0 saturated heterocycles. The molecule has 2 aromatic carbocycles. The average Bonchev–Trinajstić information content (AvgIpc) is 3.28. The highest BCUT2D eigenvalue weighted by Gasteiger charge is 2.32. The molecular weight excluding hydrogens is 458 g/mol. The number of nitrogens with two attached hydrogens (primary N) is 1. The molecule has 1 heterocycles. The summed E-state index contributed by atoms with van der Waals surface area (Å²) in [6.45, 7) is 6.63. The normalized spacial score (nSPS) is 19.3. The molecule has 188 valence electrons. The van der Waals surface area contributed by atoms with Gasteiger partial charge in [0.1, 0.15) is 5.82 Å². The topological polar surface area (TPSA) is 105 Å². The second kappa shape index (κ2) is 10.1. The van der Waals surface area contributed by atoms with E-state index in [1.807, 2.05) is 56.3 Å². The SMILES string of the molecule is CCCN(c1cc(CCC2CC2C)cc(-c2n[nH]c([C@](C)(N)Cc3ccccc3)n2)c1)S(C)(=O)=O. The largest absolute Gasteiger partial charge is 0.319 e. The first kappa shape index (κ1) is 25.4. The fourth-order valence-corrected chi connectivity index (χ4v) is 5.69. The molecule has 35 heavy (non-hydrogen) atoms. The smallest absolute Gasteiger partial charge is 0.232 e. The van der Waals surface area contributed by atoms with Crippen LogP contribution in [0.2, 0.25) is 0 Å². The van der Waals surface area contributed by atoms with Gasteiger partial charge in [-0.2, -0.15) is 5.10 Å². The number of nitrogens with zero attached hydrogens (tertiary/aromatic N) is 3. The minimum Gasteiger partial charge on any atom is -0.319 e. The summed E-state index contributed by atoms with van der Waals surface area (Å²) < 4.78 is 26.6. The molecule has 3 N–H and O–H groups in total. The van der Waals surface area contributed by atoms with Crippen molar-refractivity contribution in [3.8, 4) is 11.4 Å². The third-order valence-electron chi connectivity index (χ3n) is 6.87. The zero-order valence-electron chi connectivity index (χ0n) is 21.2. The fourth-order valence-electron chi connectivity index (χ4n) is 4.68. The first-order valence-corrected chi connectivity index (χ1v) is 14.3. The maximum atomic E-state index is 12.6. The van der Waals surface area contributed by atoms with Crippen molar-refractivity contribution in [3.05, 3.63) is 65.5 Å². The molecule has 1 fully saturated rings. The predicted octanol–water partition coefficient (Wildman–Crippen LogP) is 4.65. The maximum absolute atomic E-state index is 12.6. The third-order valence-corrected chi connectivity index (χ3v) is 8.07. The zero-order valence-corrected chi connectivity index (χ0v) is 22.0. The van der Waals surface area contributed by atoms with Gasteiger partial charge >= 0.3 is 0 Å². The Balaban J connectivity index is 1.67. The Bertz CT molecular complexity index is 1250. The van der Waals surface area contributed by atoms with Gasteiger partial charge in [-0.3, -0.25) is 9.40 Å². The van der Waals surface area contributed by atoms with Crippen molar-refractivity contribution in [2.24, 2.45) is 17.6 Å². The second-order valence-corrected chi connectivity index (χ2v) is 12.2. The van der Waals surface area contributed by atoms with Crippen molar-refractivity contribution in [2.75, 3.05) is 17.1 Å². The van der Waals surface area contributed by atoms with Crippen LogP contribution in [-0.2, 0) is 28.4 Å². The van der Waals surface area contributed by atoms with Gasteiger partial charge in [0.05, 0.1) is 17.5 Å². The number of anilines is 1. The van der Waals surface area contributed by atoms with Gasteiger partial charge in [0.2, 0.25) is 10.0 Å². The number of benzene rings is 2. The monoisotopic (exact) mass is 495 g/mol. The molecule has 1 saturated carbocycles. The van der Waals surface area contributed by atoms with Crippen molar-refractivity contribution in [1.82, 2.24) is 15.2 Å². The Morgan fingerprint density at radius 2 is 1.89 bits per heavy atom. The summed E-state index contributed by atoms with van der Waals surface area (Å²) in [6, 6.07) is 16.0. The van der Waals surface area contributed by atoms with Crippen LogP contribution in [0.25, 0.3) is 11.4 Å². The van der Waals surface area contributed by atoms with E-state index in [1.54, 1.807) is 0 Å². The number of aromatic nitrogens is 3. The Labute approximate surface area is 209 Å². The van der Waals surface area contributed by atoms with Crippen LogP contribution in [0.3, 0.4) is 0 Å². The summed E-state index contributed by atoms with van der Waals surface area (Å²) in [5.74, 6) is 2.67. The molecule has 1 aliphatic carbocycles. The van der Waals surface area contributed by atoms with Crippen LogP contribution in [0.4, 0.5) is 5.69 Å². The molecule has 8 heteroatoms. The van der Waals surface area contributed by atoms with E-state index in [0.29, 0.717) is 30.3 Å². The second-order valence-electron chi connectivity index (χ2n) is 10.3. The molecule has 7 nitrogen and oxygen atoms in total. The van der Waals surface area contributed by atoms with Gasteiger partial charge in [0, 0.05) is 12.1 Å². The number of rotatable bonds is 11. The van der Waals surface area contributed by atoms with Gasteiger partial charge in [-0.25, -0.2) is 13.4 Å². The van der Waals surface area contributed by atoms with E-state index >= 15 is 0 Å². The molecule has 0 bridgehead atoms. The van der Waals surface area contributed by atoms with Crippen molar-refractivity contribution >= 4 is 15.7 Å². The first-order valence-electron chi connectivity index (χ1n) is 12.4. The molecule has 0 aliphatic heterocycles. The van der Waals surface area contributed by atoms with Gasteiger partial charge in [0.25, 0.3) is 0 Å². The van der Waals surface area contributed by atoms with E-state index in [0.717, 1.165) is 47.8 Å². The van der Waals surface area contributed by atoms with Crippen molar-refractivity contribution in [1.29, 1.82) is 0 Å². The number of hydrogen-bond acceptors (Lipinski definition) is 5. The maximum Gasteiger partial charge on any atom is 0.232 e. The highest BCUT2D eigenvalue weighted by molar-refractivity contribution is 7.92. The first-order chi connectivity index (χ1) is 16.6. The Hall–Kier alpha value is -2.71. The van der Waals surface area contributed by atoms with E-state index in [2.05, 4.69) is 23.2 Å². The summed E-state index contributed by atoms with van der Waals surface area (Å²) in [5.41, 5.74) is 9.61. The molecule has 0 radical (unpaired) electrons. The highest BCUT2D eigenvalue weighted by atomic mass is 32.2. The molecule has 1 aromatic heterocycles. The van der Waals surface area contributed by atoms with E-state index in [9.17, 15) is 8.42 Å². The van der Waals surface area contributed by atoms with Gasteiger partial charge < -0.3 is 5.73 Å². The standard InChI is InChI=1S/C27H37N5O2S/c1-5-13-32(35(4,33)34)24-16-21(11-12-22-14-19(22)2)15-23(17-24)25-29-26(31-30-25)27(3,28)18-20-9-7-6-8-10-20/h6-10,15-17,19,22H,5,11-14,18,28H2,1-4H3,(H,29,30,31)/t19?,22?,27-/m1/s1. The summed E-state index contributed by atoms with van der Waals surface area (Å²) in [7, 11) is -3.41. The lowest BCUT2D eigenvalue weighted by Gasteiger charge is -2.23. The highest BCUT2D eigenvalue weighted by Crippen LogP contribution is 2.41. The molecule has 0 spiro atoms. The Kier molecular flexibility index (Phi) is 7.33. The van der Waals surface area contributed by atoms with Gasteiger partial charge in [0.15, 0.2) is 5.82 Å². The van der Waals surface area contributed by atoms with Crippen molar-refractivity contribution in [2.45, 2.75) is 58.4 Å². The van der Waals surface area contributed by atoms with E-state index in [1.165, 1.54) is 17.0 Å². The van der Waals surface area contributed by atoms with Crippen molar-refractivity contribution in [3.63, 3.8) is 0 Å². The zero-order chi connectivity index (χ0) is 25.2. The Morgan fingerprint density at radius 3 is 2.51 bits per heavy atom. The lowest BCUT2D eigenvalue weighted by molar-refractivity contribution is 0.460. The summed E-state index contributed by atoms with van der Waals surface area (Å²) in [5, 5.41) is 7.52. The number of H-pyrrole nitrogens is 1. The van der Waals surface area contributed by atoms with Crippen LogP contribution in [0.15, 0.2) is 48.5 Å². The minimum atomic E-state index is -3.41. The van der Waals surface area contributed by atoms with Crippen LogP contribution in [0, 0.1) is 11.8 Å². The van der Waals surface area contributed by atoms with Crippen LogP contribution < -0.4 is 10.0 Å².